The van der Waals surface area contributed by atoms with Crippen molar-refractivity contribution in [3.05, 3.63) is 70.4 Å². The SMILES string of the molecule is O=C(O)C(F)(F)F.O=C(O)C(F)(F)F.O=c1cc(CCn2cccn2)nc(-c2ccc(CN3CCCNCC3)cc2)[nH]1. The van der Waals surface area contributed by atoms with Gasteiger partial charge in [-0.05, 0) is 31.1 Å². The molecule has 0 saturated carbocycles. The standard InChI is InChI=1S/C21H26N6O.2C2HF3O2/c28-20-15-19(7-13-27-12-2-9-23-27)24-21(25-20)18-5-3-17(4-6-18)16-26-11-1-8-22-10-14-26;2*3-2(4,5)1(6)7/h2-6,9,12,15,22H,1,7-8,10-11,13-14,16H2,(H,24,25,28);2*(H,6,7). The molecule has 0 atom stereocenters. The molecule has 0 bridgehead atoms. The van der Waals surface area contributed by atoms with Gasteiger partial charge in [0, 0.05) is 56.6 Å². The van der Waals surface area contributed by atoms with E-state index in [0.29, 0.717) is 18.8 Å². The number of hydrogen-bond acceptors (Lipinski definition) is 7. The van der Waals surface area contributed by atoms with E-state index in [1.165, 1.54) is 12.0 Å². The van der Waals surface area contributed by atoms with Crippen LogP contribution in [-0.4, -0.2) is 85.3 Å². The number of rotatable bonds is 6. The number of carboxylic acid groups (broad SMARTS) is 2. The lowest BCUT2D eigenvalue weighted by molar-refractivity contribution is -0.193. The lowest BCUT2D eigenvalue weighted by Crippen LogP contribution is -2.27. The van der Waals surface area contributed by atoms with Gasteiger partial charge in [0.1, 0.15) is 5.82 Å². The van der Waals surface area contributed by atoms with Crippen LogP contribution >= 0.6 is 0 Å². The van der Waals surface area contributed by atoms with E-state index in [2.05, 4.69) is 37.4 Å². The Kier molecular flexibility index (Phi) is 12.7. The van der Waals surface area contributed by atoms with Gasteiger partial charge in [-0.1, -0.05) is 24.3 Å². The van der Waals surface area contributed by atoms with Crippen LogP contribution in [-0.2, 0) is 29.1 Å². The summed E-state index contributed by atoms with van der Waals surface area (Å²) >= 11 is 0. The molecule has 0 spiro atoms. The number of aromatic amines is 1. The molecule has 1 saturated heterocycles. The molecule has 0 amide bonds. The molecule has 42 heavy (non-hydrogen) atoms. The van der Waals surface area contributed by atoms with Crippen LogP contribution in [0.1, 0.15) is 17.7 Å². The maximum Gasteiger partial charge on any atom is 0.490 e. The summed E-state index contributed by atoms with van der Waals surface area (Å²) in [6.07, 6.45) is -4.65. The van der Waals surface area contributed by atoms with Crippen LogP contribution in [0.2, 0.25) is 0 Å². The Labute approximate surface area is 234 Å². The molecule has 11 nitrogen and oxygen atoms in total. The van der Waals surface area contributed by atoms with E-state index in [1.807, 2.05) is 29.1 Å². The Balaban J connectivity index is 0.000000367. The largest absolute Gasteiger partial charge is 0.490 e. The second-order valence-corrected chi connectivity index (χ2v) is 8.79. The van der Waals surface area contributed by atoms with Crippen molar-refractivity contribution in [2.75, 3.05) is 26.2 Å². The summed E-state index contributed by atoms with van der Waals surface area (Å²) in [5.74, 6) is -4.89. The van der Waals surface area contributed by atoms with Crippen LogP contribution in [0, 0.1) is 0 Å². The molecule has 0 radical (unpaired) electrons. The Hall–Kier alpha value is -4.25. The van der Waals surface area contributed by atoms with E-state index in [9.17, 15) is 31.1 Å². The first-order valence-electron chi connectivity index (χ1n) is 12.4. The number of benzene rings is 1. The fourth-order valence-electron chi connectivity index (χ4n) is 3.52. The molecule has 0 aliphatic carbocycles. The summed E-state index contributed by atoms with van der Waals surface area (Å²) in [4.78, 5) is 39.9. The van der Waals surface area contributed by atoms with Crippen molar-refractivity contribution in [3.8, 4) is 11.4 Å². The molecule has 1 aliphatic rings. The van der Waals surface area contributed by atoms with Crippen molar-refractivity contribution in [2.24, 2.45) is 0 Å². The normalized spacial score (nSPS) is 14.0. The summed E-state index contributed by atoms with van der Waals surface area (Å²) in [6, 6.07) is 11.8. The Morgan fingerprint density at radius 2 is 1.57 bits per heavy atom. The minimum atomic E-state index is -5.08. The molecule has 230 valence electrons. The maximum atomic E-state index is 12.1. The molecule has 3 aromatic rings. The predicted octanol–water partition coefficient (Wildman–Crippen LogP) is 2.94. The Bertz CT molecular complexity index is 1300. The smallest absolute Gasteiger partial charge is 0.475 e. The van der Waals surface area contributed by atoms with Gasteiger partial charge in [0.15, 0.2) is 0 Å². The van der Waals surface area contributed by atoms with Crippen molar-refractivity contribution in [3.63, 3.8) is 0 Å². The number of carbonyl (C=O) groups is 2. The monoisotopic (exact) mass is 606 g/mol. The summed E-state index contributed by atoms with van der Waals surface area (Å²) in [5.41, 5.74) is 2.86. The number of nitrogens with one attached hydrogen (secondary N) is 2. The van der Waals surface area contributed by atoms with Crippen LogP contribution in [0.3, 0.4) is 0 Å². The van der Waals surface area contributed by atoms with Gasteiger partial charge in [-0.3, -0.25) is 14.4 Å². The van der Waals surface area contributed by atoms with Crippen molar-refractivity contribution in [1.82, 2.24) is 30.0 Å². The van der Waals surface area contributed by atoms with Gasteiger partial charge in [-0.15, -0.1) is 0 Å². The molecule has 4 N–H and O–H groups in total. The van der Waals surface area contributed by atoms with E-state index in [4.69, 9.17) is 19.8 Å². The van der Waals surface area contributed by atoms with Crippen molar-refractivity contribution in [1.29, 1.82) is 0 Å². The van der Waals surface area contributed by atoms with Crippen molar-refractivity contribution >= 4 is 11.9 Å². The fraction of sp³-hybridized carbons (Fsp3) is 0.400. The lowest BCUT2D eigenvalue weighted by Gasteiger charge is -2.19. The van der Waals surface area contributed by atoms with Gasteiger partial charge >= 0.3 is 24.3 Å². The average Bonchev–Trinajstić information content (AvgIpc) is 3.30. The molecule has 1 aliphatic heterocycles. The number of alkyl halides is 6. The average molecular weight is 607 g/mol. The number of aromatic nitrogens is 4. The molecule has 1 aromatic carbocycles. The zero-order valence-electron chi connectivity index (χ0n) is 22.0. The topological polar surface area (TPSA) is 153 Å². The zero-order chi connectivity index (χ0) is 31.3. The summed E-state index contributed by atoms with van der Waals surface area (Å²) in [7, 11) is 0. The number of aliphatic carboxylic acids is 2. The molecule has 3 heterocycles. The first kappa shape index (κ1) is 34.0. The molecule has 1 fully saturated rings. The number of H-pyrrole nitrogens is 1. The molecule has 0 unspecified atom stereocenters. The van der Waals surface area contributed by atoms with E-state index < -0.39 is 24.3 Å². The lowest BCUT2D eigenvalue weighted by atomic mass is 10.1. The number of aryl methyl sites for hydroxylation is 2. The molecule has 4 rings (SSSR count). The van der Waals surface area contributed by atoms with Gasteiger partial charge in [-0.25, -0.2) is 14.6 Å². The second-order valence-electron chi connectivity index (χ2n) is 8.79. The third-order valence-corrected chi connectivity index (χ3v) is 5.50. The van der Waals surface area contributed by atoms with E-state index in [0.717, 1.165) is 44.0 Å². The Morgan fingerprint density at radius 3 is 2.12 bits per heavy atom. The quantitative estimate of drug-likeness (QED) is 0.310. The highest BCUT2D eigenvalue weighted by atomic mass is 19.4. The van der Waals surface area contributed by atoms with E-state index in [1.54, 1.807) is 12.3 Å². The number of hydrogen-bond donors (Lipinski definition) is 4. The number of nitrogens with zero attached hydrogens (tertiary/aromatic N) is 4. The van der Waals surface area contributed by atoms with Gasteiger partial charge in [0.2, 0.25) is 0 Å². The molecular formula is C25H28F6N6O5. The van der Waals surface area contributed by atoms with Gasteiger partial charge < -0.3 is 20.5 Å². The van der Waals surface area contributed by atoms with Gasteiger partial charge in [0.05, 0.1) is 5.69 Å². The molecular weight excluding hydrogens is 578 g/mol. The first-order chi connectivity index (χ1) is 19.6. The summed E-state index contributed by atoms with van der Waals surface area (Å²) < 4.78 is 65.3. The van der Waals surface area contributed by atoms with Gasteiger partial charge in [0.25, 0.3) is 5.56 Å². The molecule has 17 heteroatoms. The highest BCUT2D eigenvalue weighted by molar-refractivity contribution is 5.73. The number of halogens is 6. The fourth-order valence-corrected chi connectivity index (χ4v) is 3.52. The first-order valence-corrected chi connectivity index (χ1v) is 12.4. The van der Waals surface area contributed by atoms with Crippen LogP contribution in [0.25, 0.3) is 11.4 Å². The highest BCUT2D eigenvalue weighted by Crippen LogP contribution is 2.17. The van der Waals surface area contributed by atoms with E-state index in [-0.39, 0.29) is 5.56 Å². The van der Waals surface area contributed by atoms with E-state index >= 15 is 0 Å². The summed E-state index contributed by atoms with van der Waals surface area (Å²) in [5, 5.41) is 21.9. The minimum Gasteiger partial charge on any atom is -0.475 e. The molecule has 2 aromatic heterocycles. The Morgan fingerprint density at radius 1 is 0.952 bits per heavy atom. The third-order valence-electron chi connectivity index (χ3n) is 5.50. The van der Waals surface area contributed by atoms with Gasteiger partial charge in [-0.2, -0.15) is 31.4 Å². The van der Waals surface area contributed by atoms with Crippen LogP contribution < -0.4 is 10.9 Å². The maximum absolute atomic E-state index is 12.1. The second kappa shape index (κ2) is 15.7. The third kappa shape index (κ3) is 12.5. The van der Waals surface area contributed by atoms with Crippen LogP contribution in [0.15, 0.2) is 53.6 Å². The zero-order valence-corrected chi connectivity index (χ0v) is 22.0. The van der Waals surface area contributed by atoms with Crippen LogP contribution in [0.4, 0.5) is 26.3 Å². The predicted molar refractivity (Wildman–Crippen MR) is 136 cm³/mol. The van der Waals surface area contributed by atoms with Crippen molar-refractivity contribution in [2.45, 2.75) is 38.3 Å². The number of carboxylic acids is 2. The minimum absolute atomic E-state index is 0.124. The summed E-state index contributed by atoms with van der Waals surface area (Å²) in [6.45, 7) is 6.01. The highest BCUT2D eigenvalue weighted by Gasteiger charge is 2.38. The van der Waals surface area contributed by atoms with Crippen LogP contribution in [0.5, 0.6) is 0 Å². The van der Waals surface area contributed by atoms with Crippen molar-refractivity contribution < 1.29 is 46.1 Å².